The lowest BCUT2D eigenvalue weighted by molar-refractivity contribution is -0.117. The van der Waals surface area contributed by atoms with Gasteiger partial charge in [-0.05, 0) is 122 Å². The fraction of sp³-hybridized carbons (Fsp3) is 0.485. The fourth-order valence-corrected chi connectivity index (χ4v) is 7.59. The summed E-state index contributed by atoms with van der Waals surface area (Å²) in [4.78, 5) is 12.2. The molecule has 0 aliphatic heterocycles. The molecule has 2 aromatic rings. The van der Waals surface area contributed by atoms with Crippen molar-refractivity contribution in [1.82, 2.24) is 5.32 Å². The van der Waals surface area contributed by atoms with E-state index in [4.69, 9.17) is 4.74 Å². The third-order valence-electron chi connectivity index (χ3n) is 9.11. The zero-order chi connectivity index (χ0) is 25.4. The first-order chi connectivity index (χ1) is 18.0. The normalized spacial score (nSPS) is 27.8. The second-order valence-corrected chi connectivity index (χ2v) is 11.9. The predicted octanol–water partition coefficient (Wildman–Crippen LogP) is 6.89. The lowest BCUT2D eigenvalue weighted by Gasteiger charge is -2.52. The van der Waals surface area contributed by atoms with Crippen molar-refractivity contribution in [3.8, 4) is 11.5 Å². The van der Waals surface area contributed by atoms with Crippen LogP contribution >= 0.6 is 0 Å². The van der Waals surface area contributed by atoms with Crippen molar-refractivity contribution in [2.45, 2.75) is 58.3 Å². The highest BCUT2D eigenvalue weighted by molar-refractivity contribution is 5.93. The molecule has 1 atom stereocenters. The SMILES string of the molecule is CC1CC=C(C(=O)NCCCOc2ccc(C(=C3C4CC5CC(C4)CC3C5)c3ccc(O)cc3)cc2)C1. The van der Waals surface area contributed by atoms with E-state index in [0.717, 1.165) is 42.4 Å². The van der Waals surface area contributed by atoms with Gasteiger partial charge < -0.3 is 15.2 Å². The number of aromatic hydroxyl groups is 1. The van der Waals surface area contributed by atoms with Gasteiger partial charge in [-0.1, -0.05) is 42.8 Å². The summed E-state index contributed by atoms with van der Waals surface area (Å²) in [6.07, 6.45) is 11.6. The van der Waals surface area contributed by atoms with E-state index in [1.165, 1.54) is 48.8 Å². The topological polar surface area (TPSA) is 58.6 Å². The van der Waals surface area contributed by atoms with Crippen LogP contribution in [0.1, 0.15) is 69.4 Å². The van der Waals surface area contributed by atoms with E-state index < -0.39 is 0 Å². The Hall–Kier alpha value is -3.01. The molecule has 0 heterocycles. The first kappa shape index (κ1) is 24.3. The van der Waals surface area contributed by atoms with Gasteiger partial charge >= 0.3 is 0 Å². The Balaban J connectivity index is 1.13. The molecule has 2 aromatic carbocycles. The molecule has 4 nitrogen and oxygen atoms in total. The minimum absolute atomic E-state index is 0.0771. The van der Waals surface area contributed by atoms with Crippen molar-refractivity contribution >= 4 is 11.5 Å². The van der Waals surface area contributed by atoms with E-state index >= 15 is 0 Å². The van der Waals surface area contributed by atoms with Crippen LogP contribution in [0.25, 0.3) is 5.57 Å². The quantitative estimate of drug-likeness (QED) is 0.390. The molecule has 0 saturated heterocycles. The van der Waals surface area contributed by atoms with Crippen molar-refractivity contribution in [2.24, 2.45) is 29.6 Å². The third-order valence-corrected chi connectivity index (χ3v) is 9.11. The van der Waals surface area contributed by atoms with Crippen LogP contribution in [0.15, 0.2) is 65.8 Å². The van der Waals surface area contributed by atoms with Gasteiger partial charge in [-0.3, -0.25) is 4.79 Å². The molecule has 4 fully saturated rings. The number of rotatable bonds is 8. The van der Waals surface area contributed by atoms with E-state index in [9.17, 15) is 9.90 Å². The Bertz CT molecular complexity index is 1160. The first-order valence-electron chi connectivity index (χ1n) is 14.3. The average molecular weight is 498 g/mol. The molecule has 2 N–H and O–H groups in total. The molecule has 5 aliphatic rings. The zero-order valence-electron chi connectivity index (χ0n) is 21.9. The van der Waals surface area contributed by atoms with Crippen LogP contribution in [0.4, 0.5) is 0 Å². The number of allylic oxidation sites excluding steroid dienone is 2. The standard InChI is InChI=1S/C33H39NO3/c1-21-3-4-26(15-21)33(36)34-13-2-14-37-30-11-7-25(8-12-30)31(24-5-9-29(35)10-6-24)32-27-17-22-16-23(19-27)20-28(32)18-22/h4-12,21-23,27-28,35H,2-3,13-20H2,1H3,(H,34,36). The number of amides is 1. The monoisotopic (exact) mass is 497 g/mol. The van der Waals surface area contributed by atoms with Gasteiger partial charge in [0.1, 0.15) is 11.5 Å². The van der Waals surface area contributed by atoms with E-state index in [2.05, 4.69) is 54.7 Å². The Labute approximate surface area is 220 Å². The van der Waals surface area contributed by atoms with Crippen molar-refractivity contribution in [3.05, 3.63) is 76.9 Å². The number of phenolic OH excluding ortho intramolecular Hbond substituents is 1. The van der Waals surface area contributed by atoms with Crippen LogP contribution in [0, 0.1) is 29.6 Å². The van der Waals surface area contributed by atoms with Crippen LogP contribution < -0.4 is 10.1 Å². The molecule has 4 bridgehead atoms. The van der Waals surface area contributed by atoms with Gasteiger partial charge in [0.05, 0.1) is 6.61 Å². The van der Waals surface area contributed by atoms with Crippen LogP contribution in [-0.4, -0.2) is 24.2 Å². The number of hydrogen-bond donors (Lipinski definition) is 2. The summed E-state index contributed by atoms with van der Waals surface area (Å²) >= 11 is 0. The number of benzene rings is 2. The van der Waals surface area contributed by atoms with Gasteiger partial charge in [-0.2, -0.15) is 0 Å². The molecule has 0 radical (unpaired) electrons. The van der Waals surface area contributed by atoms with Gasteiger partial charge in [0, 0.05) is 12.1 Å². The van der Waals surface area contributed by atoms with Crippen molar-refractivity contribution in [2.75, 3.05) is 13.2 Å². The molecule has 1 amide bonds. The Morgan fingerprint density at radius 3 is 2.14 bits per heavy atom. The second-order valence-electron chi connectivity index (χ2n) is 11.9. The summed E-state index contributed by atoms with van der Waals surface area (Å²) in [6.45, 7) is 3.39. The minimum atomic E-state index is 0.0771. The molecule has 0 spiro atoms. The number of phenols is 1. The van der Waals surface area contributed by atoms with E-state index in [1.54, 1.807) is 5.57 Å². The lowest BCUT2D eigenvalue weighted by Crippen LogP contribution is -2.40. The predicted molar refractivity (Wildman–Crippen MR) is 147 cm³/mol. The first-order valence-corrected chi connectivity index (χ1v) is 14.3. The molecular weight excluding hydrogens is 458 g/mol. The third kappa shape index (κ3) is 5.21. The summed E-state index contributed by atoms with van der Waals surface area (Å²) in [5, 5.41) is 12.9. The van der Waals surface area contributed by atoms with E-state index in [-0.39, 0.29) is 5.91 Å². The zero-order valence-corrected chi connectivity index (χ0v) is 21.9. The van der Waals surface area contributed by atoms with Gasteiger partial charge in [0.2, 0.25) is 5.91 Å². The molecule has 4 heteroatoms. The molecule has 37 heavy (non-hydrogen) atoms. The lowest BCUT2D eigenvalue weighted by atomic mass is 9.53. The van der Waals surface area contributed by atoms with Crippen LogP contribution in [0.5, 0.6) is 11.5 Å². The highest BCUT2D eigenvalue weighted by Crippen LogP contribution is 2.58. The van der Waals surface area contributed by atoms with E-state index in [0.29, 0.717) is 36.7 Å². The summed E-state index contributed by atoms with van der Waals surface area (Å²) in [5.74, 6) is 5.09. The molecule has 194 valence electrons. The van der Waals surface area contributed by atoms with Crippen molar-refractivity contribution in [1.29, 1.82) is 0 Å². The highest BCUT2D eigenvalue weighted by Gasteiger charge is 2.46. The van der Waals surface area contributed by atoms with Crippen molar-refractivity contribution in [3.63, 3.8) is 0 Å². The fourth-order valence-electron chi connectivity index (χ4n) is 7.59. The molecule has 5 aliphatic carbocycles. The summed E-state index contributed by atoms with van der Waals surface area (Å²) in [6, 6.07) is 16.3. The Morgan fingerprint density at radius 2 is 1.54 bits per heavy atom. The summed E-state index contributed by atoms with van der Waals surface area (Å²) < 4.78 is 6.01. The molecular formula is C33H39NO3. The maximum atomic E-state index is 12.2. The van der Waals surface area contributed by atoms with Gasteiger partial charge in [0.25, 0.3) is 0 Å². The van der Waals surface area contributed by atoms with Gasteiger partial charge in [-0.15, -0.1) is 0 Å². The summed E-state index contributed by atoms with van der Waals surface area (Å²) in [7, 11) is 0. The van der Waals surface area contributed by atoms with Crippen LogP contribution in [-0.2, 0) is 4.79 Å². The van der Waals surface area contributed by atoms with Gasteiger partial charge in [-0.25, -0.2) is 0 Å². The number of hydrogen-bond acceptors (Lipinski definition) is 3. The van der Waals surface area contributed by atoms with Crippen molar-refractivity contribution < 1.29 is 14.6 Å². The van der Waals surface area contributed by atoms with E-state index in [1.807, 2.05) is 12.1 Å². The number of carbonyl (C=O) groups is 1. The maximum absolute atomic E-state index is 12.2. The van der Waals surface area contributed by atoms with Gasteiger partial charge in [0.15, 0.2) is 0 Å². The summed E-state index contributed by atoms with van der Waals surface area (Å²) in [5.41, 5.74) is 6.41. The largest absolute Gasteiger partial charge is 0.508 e. The minimum Gasteiger partial charge on any atom is -0.508 e. The molecule has 7 rings (SSSR count). The van der Waals surface area contributed by atoms with Crippen LogP contribution in [0.3, 0.4) is 0 Å². The number of nitrogens with one attached hydrogen (secondary N) is 1. The highest BCUT2D eigenvalue weighted by atomic mass is 16.5. The Morgan fingerprint density at radius 1 is 0.919 bits per heavy atom. The second kappa shape index (κ2) is 10.4. The molecule has 0 aromatic heterocycles. The smallest absolute Gasteiger partial charge is 0.246 e. The maximum Gasteiger partial charge on any atom is 0.246 e. The average Bonchev–Trinajstić information content (AvgIpc) is 3.33. The molecule has 4 saturated carbocycles. The Kier molecular flexibility index (Phi) is 6.84. The molecule has 1 unspecified atom stereocenters. The number of carbonyl (C=O) groups excluding carboxylic acids is 1. The van der Waals surface area contributed by atoms with Crippen LogP contribution in [0.2, 0.25) is 0 Å². The number of ether oxygens (including phenoxy) is 1.